The number of hydrogen-bond acceptors (Lipinski definition) is 4. The Morgan fingerprint density at radius 3 is 2.94 bits per heavy atom. The minimum Gasteiger partial charge on any atom is -0.336 e. The number of pyridine rings is 1. The Morgan fingerprint density at radius 2 is 2.25 bits per heavy atom. The van der Waals surface area contributed by atoms with Crippen LogP contribution in [0.3, 0.4) is 0 Å². The zero-order valence-electron chi connectivity index (χ0n) is 8.88. The largest absolute Gasteiger partial charge is 0.336 e. The van der Waals surface area contributed by atoms with Crippen LogP contribution in [0.15, 0.2) is 23.2 Å². The third-order valence-electron chi connectivity index (χ3n) is 2.60. The monoisotopic (exact) mass is 240 g/mol. The molecular weight excluding hydrogens is 228 g/mol. The molecule has 2 heterocycles. The minimum atomic E-state index is -3.30. The van der Waals surface area contributed by atoms with Crippen molar-refractivity contribution in [2.24, 2.45) is 0 Å². The van der Waals surface area contributed by atoms with E-state index < -0.39 is 9.84 Å². The predicted octanol–water partition coefficient (Wildman–Crippen LogP) is 0.217. The first kappa shape index (κ1) is 11.1. The highest BCUT2D eigenvalue weighted by molar-refractivity contribution is 7.91. The number of nitrogens with zero attached hydrogens (tertiary/aromatic N) is 2. The van der Waals surface area contributed by atoms with Gasteiger partial charge >= 0.3 is 0 Å². The van der Waals surface area contributed by atoms with E-state index >= 15 is 0 Å². The molecule has 2 rings (SSSR count). The predicted molar refractivity (Wildman–Crippen MR) is 57.4 cm³/mol. The third kappa shape index (κ3) is 1.92. The summed E-state index contributed by atoms with van der Waals surface area (Å²) in [5.41, 5.74) is 0.454. The van der Waals surface area contributed by atoms with E-state index in [-0.39, 0.29) is 29.6 Å². The van der Waals surface area contributed by atoms with Gasteiger partial charge < -0.3 is 4.90 Å². The van der Waals surface area contributed by atoms with Crippen LogP contribution in [-0.4, -0.2) is 36.5 Å². The maximum atomic E-state index is 11.9. The molecule has 16 heavy (non-hydrogen) atoms. The molecule has 0 aliphatic carbocycles. The number of fused-ring (bicyclic) bond motifs is 1. The number of hydrogen-bond donors (Lipinski definition) is 0. The minimum absolute atomic E-state index is 0.0364. The van der Waals surface area contributed by atoms with Crippen molar-refractivity contribution in [2.75, 3.05) is 12.3 Å². The Hall–Kier alpha value is -1.43. The highest BCUT2D eigenvalue weighted by Crippen LogP contribution is 2.20. The summed E-state index contributed by atoms with van der Waals surface area (Å²) in [7, 11) is -3.30. The lowest BCUT2D eigenvalue weighted by atomic mass is 10.3. The Bertz CT molecular complexity index is 525. The highest BCUT2D eigenvalue weighted by atomic mass is 32.2. The van der Waals surface area contributed by atoms with Crippen molar-refractivity contribution in [3.63, 3.8) is 0 Å². The fourth-order valence-corrected chi connectivity index (χ4v) is 3.14. The molecule has 0 atom stereocenters. The normalized spacial score (nSPS) is 18.7. The van der Waals surface area contributed by atoms with E-state index in [1.807, 2.05) is 0 Å². The second-order valence-corrected chi connectivity index (χ2v) is 5.79. The second-order valence-electron chi connectivity index (χ2n) is 3.71. The van der Waals surface area contributed by atoms with E-state index in [1.165, 1.54) is 18.0 Å². The van der Waals surface area contributed by atoms with Crippen LogP contribution in [0, 0.1) is 0 Å². The van der Waals surface area contributed by atoms with Crippen LogP contribution in [-0.2, 0) is 21.2 Å². The van der Waals surface area contributed by atoms with Gasteiger partial charge in [-0.15, -0.1) is 0 Å². The number of carbonyl (C=O) groups excluding carboxylic acids is 1. The smallest absolute Gasteiger partial charge is 0.219 e. The fraction of sp³-hybridized carbons (Fsp3) is 0.400. The quantitative estimate of drug-likeness (QED) is 0.650. The number of carbonyl (C=O) groups is 1. The number of aromatic nitrogens is 1. The first-order chi connectivity index (χ1) is 7.50. The summed E-state index contributed by atoms with van der Waals surface area (Å²) in [5.74, 6) is -0.167. The number of sulfone groups is 1. The topological polar surface area (TPSA) is 67.3 Å². The molecule has 5 nitrogen and oxygen atoms in total. The summed E-state index contributed by atoms with van der Waals surface area (Å²) in [6.45, 7) is 1.93. The molecule has 0 radical (unpaired) electrons. The first-order valence-electron chi connectivity index (χ1n) is 4.93. The van der Waals surface area contributed by atoms with E-state index in [2.05, 4.69) is 4.98 Å². The summed E-state index contributed by atoms with van der Waals surface area (Å²) in [4.78, 5) is 17.1. The molecule has 1 aromatic rings. The van der Waals surface area contributed by atoms with Crippen LogP contribution >= 0.6 is 0 Å². The van der Waals surface area contributed by atoms with Crippen LogP contribution in [0.4, 0.5) is 0 Å². The van der Waals surface area contributed by atoms with Gasteiger partial charge in [-0.2, -0.15) is 0 Å². The van der Waals surface area contributed by atoms with Gasteiger partial charge in [0, 0.05) is 19.7 Å². The zero-order valence-corrected chi connectivity index (χ0v) is 9.70. The van der Waals surface area contributed by atoms with E-state index in [0.717, 1.165) is 0 Å². The Morgan fingerprint density at radius 1 is 1.50 bits per heavy atom. The molecule has 1 aliphatic rings. The summed E-state index contributed by atoms with van der Waals surface area (Å²) >= 11 is 0. The molecule has 86 valence electrons. The molecule has 0 N–H and O–H groups in total. The standard InChI is InChI=1S/C10H12N2O3S/c1-8(13)12-5-6-16(14,15)10-3-2-4-11-9(10)7-12/h2-4H,5-7H2,1H3. The molecule has 0 saturated heterocycles. The molecule has 0 bridgehead atoms. The van der Waals surface area contributed by atoms with Crippen LogP contribution < -0.4 is 0 Å². The average molecular weight is 240 g/mol. The molecule has 0 aromatic carbocycles. The van der Waals surface area contributed by atoms with Gasteiger partial charge in [0.2, 0.25) is 5.91 Å². The lowest BCUT2D eigenvalue weighted by Gasteiger charge is -2.16. The van der Waals surface area contributed by atoms with E-state index in [1.54, 1.807) is 12.1 Å². The van der Waals surface area contributed by atoms with E-state index in [4.69, 9.17) is 0 Å². The Labute approximate surface area is 94.0 Å². The molecule has 0 saturated carbocycles. The van der Waals surface area contributed by atoms with Crippen molar-refractivity contribution in [3.8, 4) is 0 Å². The third-order valence-corrected chi connectivity index (χ3v) is 4.36. The van der Waals surface area contributed by atoms with Crippen LogP contribution in [0.2, 0.25) is 0 Å². The van der Waals surface area contributed by atoms with Crippen molar-refractivity contribution >= 4 is 15.7 Å². The molecule has 1 aromatic heterocycles. The van der Waals surface area contributed by atoms with Crippen LogP contribution in [0.25, 0.3) is 0 Å². The summed E-state index contributed by atoms with van der Waals surface area (Å²) in [6, 6.07) is 3.14. The Kier molecular flexibility index (Phi) is 2.67. The van der Waals surface area contributed by atoms with E-state index in [0.29, 0.717) is 5.69 Å². The highest BCUT2D eigenvalue weighted by Gasteiger charge is 2.26. The van der Waals surface area contributed by atoms with Crippen molar-refractivity contribution in [1.29, 1.82) is 0 Å². The summed E-state index contributed by atoms with van der Waals surface area (Å²) in [6.07, 6.45) is 1.54. The van der Waals surface area contributed by atoms with Gasteiger partial charge in [-0.1, -0.05) is 0 Å². The van der Waals surface area contributed by atoms with Gasteiger partial charge in [-0.25, -0.2) is 8.42 Å². The Balaban J connectivity index is 2.51. The zero-order chi connectivity index (χ0) is 11.8. The number of amides is 1. The van der Waals surface area contributed by atoms with E-state index in [9.17, 15) is 13.2 Å². The van der Waals surface area contributed by atoms with Crippen LogP contribution in [0.1, 0.15) is 12.6 Å². The van der Waals surface area contributed by atoms with Crippen LogP contribution in [0.5, 0.6) is 0 Å². The molecule has 0 unspecified atom stereocenters. The van der Waals surface area contributed by atoms with Gasteiger partial charge in [0.1, 0.15) is 0 Å². The molecule has 1 aliphatic heterocycles. The average Bonchev–Trinajstić information content (AvgIpc) is 2.36. The maximum absolute atomic E-state index is 11.9. The molecule has 0 spiro atoms. The lowest BCUT2D eigenvalue weighted by Crippen LogP contribution is -2.30. The van der Waals surface area contributed by atoms with Gasteiger partial charge in [0.05, 0.1) is 22.9 Å². The molecular formula is C10H12N2O3S. The molecule has 0 fully saturated rings. The van der Waals surface area contributed by atoms with Crippen molar-refractivity contribution < 1.29 is 13.2 Å². The molecule has 6 heteroatoms. The van der Waals surface area contributed by atoms with Crippen molar-refractivity contribution in [2.45, 2.75) is 18.4 Å². The summed E-state index contributed by atoms with van der Waals surface area (Å²) < 4.78 is 23.8. The maximum Gasteiger partial charge on any atom is 0.219 e. The van der Waals surface area contributed by atoms with Gasteiger partial charge in [-0.3, -0.25) is 9.78 Å². The van der Waals surface area contributed by atoms with Gasteiger partial charge in [0.25, 0.3) is 0 Å². The molecule has 1 amide bonds. The number of rotatable bonds is 0. The fourth-order valence-electron chi connectivity index (χ4n) is 1.69. The SMILES string of the molecule is CC(=O)N1CCS(=O)(=O)c2cccnc2C1. The van der Waals surface area contributed by atoms with Gasteiger partial charge in [-0.05, 0) is 12.1 Å². The van der Waals surface area contributed by atoms with Gasteiger partial charge in [0.15, 0.2) is 9.84 Å². The summed E-state index contributed by atoms with van der Waals surface area (Å²) in [5, 5.41) is 0. The first-order valence-corrected chi connectivity index (χ1v) is 6.58. The second kappa shape index (κ2) is 3.86. The van der Waals surface area contributed by atoms with Crippen molar-refractivity contribution in [3.05, 3.63) is 24.0 Å². The lowest BCUT2D eigenvalue weighted by molar-refractivity contribution is -0.129. The van der Waals surface area contributed by atoms with Crippen molar-refractivity contribution in [1.82, 2.24) is 9.88 Å².